The summed E-state index contributed by atoms with van der Waals surface area (Å²) in [7, 11) is 1.69. The highest BCUT2D eigenvalue weighted by Gasteiger charge is 2.18. The Hall–Kier alpha value is -1.72. The fourth-order valence-corrected chi connectivity index (χ4v) is 3.07. The Kier molecular flexibility index (Phi) is 4.08. The monoisotopic (exact) mass is 291 g/mol. The quantitative estimate of drug-likeness (QED) is 0.919. The van der Waals surface area contributed by atoms with E-state index in [-0.39, 0.29) is 0 Å². The third kappa shape index (κ3) is 2.73. The maximum absolute atomic E-state index is 5.66. The average Bonchev–Trinajstić information content (AvgIpc) is 2.91. The van der Waals surface area contributed by atoms with Crippen LogP contribution in [0.3, 0.4) is 0 Å². The third-order valence-corrected chi connectivity index (χ3v) is 4.11. The lowest BCUT2D eigenvalue weighted by Gasteiger charge is -2.16. The molecule has 0 aliphatic carbocycles. The highest BCUT2D eigenvalue weighted by Crippen LogP contribution is 2.39. The second-order valence-electron chi connectivity index (χ2n) is 4.46. The van der Waals surface area contributed by atoms with Gasteiger partial charge in [-0.05, 0) is 6.07 Å². The van der Waals surface area contributed by atoms with Crippen molar-refractivity contribution in [2.75, 3.05) is 20.3 Å². The molecule has 0 amide bonds. The Morgan fingerprint density at radius 3 is 2.95 bits per heavy atom. The molecular formula is C15H17NO3S. The summed E-state index contributed by atoms with van der Waals surface area (Å²) in [6.07, 6.45) is 0. The lowest BCUT2D eigenvalue weighted by Crippen LogP contribution is -2.17. The van der Waals surface area contributed by atoms with Crippen LogP contribution in [0, 0.1) is 0 Å². The van der Waals surface area contributed by atoms with Gasteiger partial charge in [0.15, 0.2) is 11.5 Å². The summed E-state index contributed by atoms with van der Waals surface area (Å²) in [6, 6.07) is 8.03. The Morgan fingerprint density at radius 2 is 2.05 bits per heavy atom. The molecular weight excluding hydrogens is 274 g/mol. The van der Waals surface area contributed by atoms with Gasteiger partial charge in [-0.15, -0.1) is 11.3 Å². The number of methoxy groups -OCH3 is 1. The molecule has 0 saturated carbocycles. The van der Waals surface area contributed by atoms with Crippen LogP contribution in [0.15, 0.2) is 29.6 Å². The van der Waals surface area contributed by atoms with E-state index in [1.165, 1.54) is 4.88 Å². The van der Waals surface area contributed by atoms with Gasteiger partial charge in [0.2, 0.25) is 0 Å². The van der Waals surface area contributed by atoms with Crippen molar-refractivity contribution in [1.82, 2.24) is 5.32 Å². The minimum atomic E-state index is 0.628. The van der Waals surface area contributed by atoms with Gasteiger partial charge in [-0.3, -0.25) is 0 Å². The van der Waals surface area contributed by atoms with Crippen molar-refractivity contribution in [3.05, 3.63) is 40.1 Å². The van der Waals surface area contributed by atoms with Crippen molar-refractivity contribution in [2.24, 2.45) is 0 Å². The zero-order valence-corrected chi connectivity index (χ0v) is 12.2. The first-order chi connectivity index (χ1) is 9.88. The summed E-state index contributed by atoms with van der Waals surface area (Å²) in [4.78, 5) is 1.18. The molecule has 2 heterocycles. The molecule has 0 radical (unpaired) electrons. The van der Waals surface area contributed by atoms with E-state index in [1.54, 1.807) is 18.4 Å². The maximum atomic E-state index is 5.66. The largest absolute Gasteiger partial charge is 0.496 e. The van der Waals surface area contributed by atoms with Gasteiger partial charge in [0, 0.05) is 24.0 Å². The van der Waals surface area contributed by atoms with E-state index >= 15 is 0 Å². The highest BCUT2D eigenvalue weighted by molar-refractivity contribution is 7.10. The molecule has 3 rings (SSSR count). The Bertz CT molecular complexity index is 582. The minimum Gasteiger partial charge on any atom is -0.496 e. The van der Waals surface area contributed by atoms with Crippen LogP contribution in [0.4, 0.5) is 0 Å². The first kappa shape index (κ1) is 13.3. The molecule has 4 nitrogen and oxygen atoms in total. The predicted octanol–water partition coefficient (Wildman–Crippen LogP) is 2.82. The van der Waals surface area contributed by atoms with E-state index in [9.17, 15) is 0 Å². The van der Waals surface area contributed by atoms with Gasteiger partial charge in [0.1, 0.15) is 19.0 Å². The first-order valence-corrected chi connectivity index (χ1v) is 7.45. The van der Waals surface area contributed by atoms with Crippen molar-refractivity contribution in [2.45, 2.75) is 13.1 Å². The predicted molar refractivity (Wildman–Crippen MR) is 78.8 cm³/mol. The molecule has 1 aliphatic rings. The maximum Gasteiger partial charge on any atom is 0.176 e. The number of rotatable bonds is 5. The van der Waals surface area contributed by atoms with Crippen LogP contribution in [-0.4, -0.2) is 20.3 Å². The average molecular weight is 291 g/mol. The lowest BCUT2D eigenvalue weighted by atomic mass is 10.2. The summed E-state index contributed by atoms with van der Waals surface area (Å²) >= 11 is 1.67. The van der Waals surface area contributed by atoms with E-state index in [4.69, 9.17) is 14.2 Å². The van der Waals surface area contributed by atoms with Gasteiger partial charge in [0.05, 0.1) is 12.0 Å². The van der Waals surface area contributed by atoms with Crippen molar-refractivity contribution < 1.29 is 14.2 Å². The van der Waals surface area contributed by atoms with E-state index in [0.717, 1.165) is 35.9 Å². The van der Waals surface area contributed by atoms with E-state index in [1.807, 2.05) is 23.6 Å². The molecule has 1 aromatic carbocycles. The van der Waals surface area contributed by atoms with Gasteiger partial charge >= 0.3 is 0 Å². The van der Waals surface area contributed by atoms with Crippen molar-refractivity contribution in [3.8, 4) is 17.2 Å². The number of thiophene rings is 1. The molecule has 0 bridgehead atoms. The first-order valence-electron chi connectivity index (χ1n) is 6.57. The fourth-order valence-electron chi connectivity index (χ4n) is 2.20. The smallest absolute Gasteiger partial charge is 0.176 e. The highest BCUT2D eigenvalue weighted by atomic mass is 32.1. The molecule has 0 atom stereocenters. The van der Waals surface area contributed by atoms with Crippen LogP contribution in [-0.2, 0) is 13.1 Å². The summed E-state index contributed by atoms with van der Waals surface area (Å²) in [5, 5.41) is 5.43. The van der Waals surface area contributed by atoms with Gasteiger partial charge in [-0.25, -0.2) is 0 Å². The molecule has 0 saturated heterocycles. The summed E-state index contributed by atoms with van der Waals surface area (Å²) in [5.41, 5.74) is 1.15. The second kappa shape index (κ2) is 6.15. The number of hydrogen-bond donors (Lipinski definition) is 1. The zero-order chi connectivity index (χ0) is 13.8. The molecule has 0 fully saturated rings. The van der Waals surface area contributed by atoms with Crippen molar-refractivity contribution in [1.29, 1.82) is 0 Å². The van der Waals surface area contributed by atoms with Gasteiger partial charge < -0.3 is 19.5 Å². The van der Waals surface area contributed by atoms with Crippen molar-refractivity contribution in [3.63, 3.8) is 0 Å². The fraction of sp³-hybridized carbons (Fsp3) is 0.333. The second-order valence-corrected chi connectivity index (χ2v) is 5.43. The van der Waals surface area contributed by atoms with E-state index < -0.39 is 0 Å². The van der Waals surface area contributed by atoms with Crippen LogP contribution in [0.1, 0.15) is 10.4 Å². The Labute approximate surface area is 122 Å². The standard InChI is InChI=1S/C15H17NO3S/c1-17-12-5-3-2-4-11(12)8-16-9-14-15-13(10-20-14)18-6-7-19-15/h2-5,10,16H,6-9H2,1H3. The number of fused-ring (bicyclic) bond motifs is 1. The zero-order valence-electron chi connectivity index (χ0n) is 11.3. The van der Waals surface area contributed by atoms with Gasteiger partial charge in [-0.2, -0.15) is 0 Å². The van der Waals surface area contributed by atoms with Gasteiger partial charge in [0.25, 0.3) is 0 Å². The van der Waals surface area contributed by atoms with Gasteiger partial charge in [-0.1, -0.05) is 18.2 Å². The summed E-state index contributed by atoms with van der Waals surface area (Å²) in [6.45, 7) is 2.79. The topological polar surface area (TPSA) is 39.7 Å². The molecule has 1 aliphatic heterocycles. The Morgan fingerprint density at radius 1 is 1.20 bits per heavy atom. The molecule has 1 aromatic heterocycles. The molecule has 0 unspecified atom stereocenters. The SMILES string of the molecule is COc1ccccc1CNCc1scc2c1OCCO2. The molecule has 1 N–H and O–H groups in total. The third-order valence-electron chi connectivity index (χ3n) is 3.17. The lowest BCUT2D eigenvalue weighted by molar-refractivity contribution is 0.172. The number of ether oxygens (including phenoxy) is 3. The number of hydrogen-bond acceptors (Lipinski definition) is 5. The van der Waals surface area contributed by atoms with Crippen molar-refractivity contribution >= 4 is 11.3 Å². The minimum absolute atomic E-state index is 0.628. The van der Waals surface area contributed by atoms with Crippen LogP contribution in [0.25, 0.3) is 0 Å². The van der Waals surface area contributed by atoms with E-state index in [0.29, 0.717) is 13.2 Å². The van der Waals surface area contributed by atoms with Crippen LogP contribution >= 0.6 is 11.3 Å². The number of para-hydroxylation sites is 1. The summed E-state index contributed by atoms with van der Waals surface area (Å²) < 4.78 is 16.5. The van der Waals surface area contributed by atoms with Crippen LogP contribution < -0.4 is 19.5 Å². The molecule has 20 heavy (non-hydrogen) atoms. The van der Waals surface area contributed by atoms with E-state index in [2.05, 4.69) is 11.4 Å². The molecule has 5 heteroatoms. The van der Waals surface area contributed by atoms with Crippen LogP contribution in [0.2, 0.25) is 0 Å². The molecule has 2 aromatic rings. The number of benzene rings is 1. The molecule has 0 spiro atoms. The number of nitrogens with one attached hydrogen (secondary N) is 1. The summed E-state index contributed by atoms with van der Waals surface area (Å²) in [5.74, 6) is 2.68. The molecule has 106 valence electrons. The Balaban J connectivity index is 1.61. The normalized spacial score (nSPS) is 13.2. The van der Waals surface area contributed by atoms with Crippen LogP contribution in [0.5, 0.6) is 17.2 Å².